The average Bonchev–Trinajstić information content (AvgIpc) is 3.47. The topological polar surface area (TPSA) is 52.6 Å². The smallest absolute Gasteiger partial charge is 0.114 e. The summed E-state index contributed by atoms with van der Waals surface area (Å²) in [6, 6.07) is 15.9. The van der Waals surface area contributed by atoms with E-state index >= 15 is 0 Å². The fourth-order valence-corrected chi connectivity index (χ4v) is 3.31. The van der Waals surface area contributed by atoms with Crippen LogP contribution in [0, 0.1) is 6.92 Å². The maximum atomic E-state index is 6.13. The van der Waals surface area contributed by atoms with E-state index in [2.05, 4.69) is 20.8 Å². The van der Waals surface area contributed by atoms with Crippen LogP contribution < -0.4 is 0 Å². The van der Waals surface area contributed by atoms with Crippen LogP contribution in [0.1, 0.15) is 78.8 Å². The number of furan rings is 4. The van der Waals surface area contributed by atoms with Crippen LogP contribution in [0.4, 0.5) is 0 Å². The van der Waals surface area contributed by atoms with Gasteiger partial charge in [-0.25, -0.2) is 0 Å². The van der Waals surface area contributed by atoms with E-state index in [1.807, 2.05) is 55.5 Å². The van der Waals surface area contributed by atoms with Crippen LogP contribution in [0.5, 0.6) is 0 Å². The SMILES string of the molecule is Cc1ccc(C(C)c2ccc(C(C)c3ccc(C(C)c4ccco4)o3)o2)o1. The number of hydrogen-bond acceptors (Lipinski definition) is 4. The van der Waals surface area contributed by atoms with E-state index in [9.17, 15) is 0 Å². The third-order valence-corrected chi connectivity index (χ3v) is 5.16. The molecule has 3 atom stereocenters. The molecule has 0 saturated heterocycles. The molecule has 4 heteroatoms. The van der Waals surface area contributed by atoms with E-state index in [1.54, 1.807) is 6.26 Å². The summed E-state index contributed by atoms with van der Waals surface area (Å²) in [5.74, 6) is 6.44. The van der Waals surface area contributed by atoms with E-state index in [1.165, 1.54) is 0 Å². The molecule has 0 bridgehead atoms. The lowest BCUT2D eigenvalue weighted by Crippen LogP contribution is -1.95. The van der Waals surface area contributed by atoms with Crippen molar-refractivity contribution in [3.63, 3.8) is 0 Å². The molecular formula is C23H24O4. The van der Waals surface area contributed by atoms with Crippen LogP contribution in [0.2, 0.25) is 0 Å². The highest BCUT2D eigenvalue weighted by atomic mass is 16.4. The summed E-state index contributed by atoms with van der Waals surface area (Å²) < 4.78 is 23.5. The molecule has 0 spiro atoms. The van der Waals surface area contributed by atoms with Crippen LogP contribution in [0.15, 0.2) is 72.5 Å². The first-order valence-electron chi connectivity index (χ1n) is 9.32. The van der Waals surface area contributed by atoms with Gasteiger partial charge in [0.05, 0.1) is 24.0 Å². The Morgan fingerprint density at radius 1 is 0.556 bits per heavy atom. The van der Waals surface area contributed by atoms with Crippen molar-refractivity contribution in [2.24, 2.45) is 0 Å². The molecule has 27 heavy (non-hydrogen) atoms. The van der Waals surface area contributed by atoms with Crippen molar-refractivity contribution in [2.45, 2.75) is 45.4 Å². The van der Waals surface area contributed by atoms with Gasteiger partial charge in [-0.1, -0.05) is 0 Å². The van der Waals surface area contributed by atoms with Crippen LogP contribution in [0.25, 0.3) is 0 Å². The van der Waals surface area contributed by atoms with E-state index in [4.69, 9.17) is 17.7 Å². The summed E-state index contributed by atoms with van der Waals surface area (Å²) in [5.41, 5.74) is 0. The van der Waals surface area contributed by atoms with Crippen LogP contribution in [-0.4, -0.2) is 0 Å². The Bertz CT molecular complexity index is 999. The van der Waals surface area contributed by atoms with Gasteiger partial charge in [0.2, 0.25) is 0 Å². The Morgan fingerprint density at radius 3 is 1.41 bits per heavy atom. The van der Waals surface area contributed by atoms with Gasteiger partial charge in [-0.15, -0.1) is 0 Å². The zero-order valence-corrected chi connectivity index (χ0v) is 16.1. The van der Waals surface area contributed by atoms with Crippen molar-refractivity contribution in [3.8, 4) is 0 Å². The summed E-state index contributed by atoms with van der Waals surface area (Å²) in [7, 11) is 0. The molecule has 0 fully saturated rings. The fraction of sp³-hybridized carbons (Fsp3) is 0.304. The Hall–Kier alpha value is -2.88. The average molecular weight is 364 g/mol. The normalized spacial score (nSPS) is 15.0. The molecule has 0 radical (unpaired) electrons. The highest BCUT2D eigenvalue weighted by Crippen LogP contribution is 2.34. The van der Waals surface area contributed by atoms with Crippen molar-refractivity contribution in [1.82, 2.24) is 0 Å². The van der Waals surface area contributed by atoms with Gasteiger partial charge in [-0.05, 0) is 76.2 Å². The highest BCUT2D eigenvalue weighted by molar-refractivity contribution is 5.27. The van der Waals surface area contributed by atoms with Crippen molar-refractivity contribution < 1.29 is 17.7 Å². The second-order valence-electron chi connectivity index (χ2n) is 7.11. The van der Waals surface area contributed by atoms with Crippen LogP contribution in [0.3, 0.4) is 0 Å². The monoisotopic (exact) mass is 364 g/mol. The number of aryl methyl sites for hydroxylation is 1. The van der Waals surface area contributed by atoms with Gasteiger partial charge in [0.1, 0.15) is 40.3 Å². The summed E-state index contributed by atoms with van der Waals surface area (Å²) in [6.07, 6.45) is 1.68. The Kier molecular flexibility index (Phi) is 4.56. The Balaban J connectivity index is 1.52. The van der Waals surface area contributed by atoms with Crippen molar-refractivity contribution >= 4 is 0 Å². The largest absolute Gasteiger partial charge is 0.469 e. The molecule has 0 aliphatic rings. The standard InChI is InChI=1S/C23H24O4/c1-14-7-8-19(25-14)16(3)21-11-12-23(27-21)17(4)22-10-9-20(26-22)15(2)18-6-5-13-24-18/h5-13,15-17H,1-4H3. The third kappa shape index (κ3) is 3.39. The fourth-order valence-electron chi connectivity index (χ4n) is 3.31. The minimum atomic E-state index is 0.0295. The van der Waals surface area contributed by atoms with Gasteiger partial charge in [-0.3, -0.25) is 0 Å². The molecule has 0 saturated carbocycles. The number of hydrogen-bond donors (Lipinski definition) is 0. The molecule has 3 unspecified atom stereocenters. The molecule has 4 rings (SSSR count). The molecule has 0 amide bonds. The van der Waals surface area contributed by atoms with Gasteiger partial charge in [-0.2, -0.15) is 0 Å². The minimum Gasteiger partial charge on any atom is -0.469 e. The van der Waals surface area contributed by atoms with E-state index in [0.717, 1.165) is 40.3 Å². The van der Waals surface area contributed by atoms with Gasteiger partial charge < -0.3 is 17.7 Å². The zero-order chi connectivity index (χ0) is 19.0. The van der Waals surface area contributed by atoms with E-state index in [0.29, 0.717) is 0 Å². The molecule has 4 nitrogen and oxygen atoms in total. The summed E-state index contributed by atoms with van der Waals surface area (Å²) in [4.78, 5) is 0. The first-order chi connectivity index (χ1) is 13.0. The lowest BCUT2D eigenvalue weighted by atomic mass is 10.1. The third-order valence-electron chi connectivity index (χ3n) is 5.16. The lowest BCUT2D eigenvalue weighted by molar-refractivity contribution is 0.378. The maximum absolute atomic E-state index is 6.13. The minimum absolute atomic E-state index is 0.0295. The molecule has 0 aliphatic heterocycles. The molecular weight excluding hydrogens is 340 g/mol. The van der Waals surface area contributed by atoms with Crippen LogP contribution >= 0.6 is 0 Å². The quantitative estimate of drug-likeness (QED) is 0.376. The Labute approximate surface area is 158 Å². The molecule has 4 aromatic heterocycles. The van der Waals surface area contributed by atoms with E-state index < -0.39 is 0 Å². The molecule has 140 valence electrons. The lowest BCUT2D eigenvalue weighted by Gasteiger charge is -2.09. The predicted molar refractivity (Wildman–Crippen MR) is 102 cm³/mol. The molecule has 0 aromatic carbocycles. The van der Waals surface area contributed by atoms with Gasteiger partial charge in [0, 0.05) is 0 Å². The number of rotatable bonds is 6. The van der Waals surface area contributed by atoms with E-state index in [-0.39, 0.29) is 17.8 Å². The highest BCUT2D eigenvalue weighted by Gasteiger charge is 2.22. The van der Waals surface area contributed by atoms with Crippen molar-refractivity contribution in [2.75, 3.05) is 0 Å². The maximum Gasteiger partial charge on any atom is 0.114 e. The molecule has 4 heterocycles. The summed E-state index contributed by atoms with van der Waals surface area (Å²) in [6.45, 7) is 8.19. The predicted octanol–water partition coefficient (Wildman–Crippen LogP) is 6.82. The molecule has 4 aromatic rings. The zero-order valence-electron chi connectivity index (χ0n) is 16.1. The van der Waals surface area contributed by atoms with Crippen molar-refractivity contribution in [3.05, 3.63) is 95.1 Å². The van der Waals surface area contributed by atoms with Gasteiger partial charge in [0.25, 0.3) is 0 Å². The molecule has 0 N–H and O–H groups in total. The summed E-state index contributed by atoms with van der Waals surface area (Å²) >= 11 is 0. The second kappa shape index (κ2) is 7.03. The summed E-state index contributed by atoms with van der Waals surface area (Å²) in [5, 5.41) is 0. The van der Waals surface area contributed by atoms with Crippen LogP contribution in [-0.2, 0) is 0 Å². The first-order valence-corrected chi connectivity index (χ1v) is 9.32. The first kappa shape index (κ1) is 17.5. The molecule has 0 aliphatic carbocycles. The Morgan fingerprint density at radius 2 is 1.00 bits per heavy atom. The van der Waals surface area contributed by atoms with Gasteiger partial charge >= 0.3 is 0 Å². The second-order valence-corrected chi connectivity index (χ2v) is 7.11. The van der Waals surface area contributed by atoms with Gasteiger partial charge in [0.15, 0.2) is 0 Å². The van der Waals surface area contributed by atoms with Crippen molar-refractivity contribution in [1.29, 1.82) is 0 Å².